The van der Waals surface area contributed by atoms with Gasteiger partial charge >= 0.3 is 0 Å². The Kier molecular flexibility index (Phi) is 5.62. The van der Waals surface area contributed by atoms with E-state index in [9.17, 15) is 9.59 Å². The number of hydrogen-bond acceptors (Lipinski definition) is 3. The quantitative estimate of drug-likeness (QED) is 0.838. The largest absolute Gasteiger partial charge is 0.381 e. The number of hydrogen-bond donors (Lipinski definition) is 1. The highest BCUT2D eigenvalue weighted by Crippen LogP contribution is 2.31. The lowest BCUT2D eigenvalue weighted by Gasteiger charge is -2.16. The molecule has 1 aliphatic heterocycles. The second-order valence-electron chi connectivity index (χ2n) is 7.94. The molecular formula is C23H28N2O3. The number of carbonyl (C=O) groups excluding carboxylic acids is 2. The smallest absolute Gasteiger partial charge is 0.224 e. The molecule has 1 aliphatic carbocycles. The molecule has 1 aromatic heterocycles. The van der Waals surface area contributed by atoms with Gasteiger partial charge in [0.1, 0.15) is 0 Å². The molecular weight excluding hydrogens is 352 g/mol. The minimum Gasteiger partial charge on any atom is -0.381 e. The summed E-state index contributed by atoms with van der Waals surface area (Å²) < 4.78 is 7.62. The van der Waals surface area contributed by atoms with E-state index in [-0.39, 0.29) is 18.1 Å². The maximum Gasteiger partial charge on any atom is 0.224 e. The third-order valence-electron chi connectivity index (χ3n) is 5.99. The molecule has 1 saturated heterocycles. The fourth-order valence-corrected chi connectivity index (χ4v) is 4.41. The number of ketones is 1. The second-order valence-corrected chi connectivity index (χ2v) is 7.94. The van der Waals surface area contributed by atoms with Crippen molar-refractivity contribution in [2.45, 2.75) is 45.6 Å². The van der Waals surface area contributed by atoms with Crippen LogP contribution in [0.15, 0.2) is 30.3 Å². The Labute approximate surface area is 166 Å². The Morgan fingerprint density at radius 2 is 2.07 bits per heavy atom. The molecule has 1 unspecified atom stereocenters. The Morgan fingerprint density at radius 1 is 1.25 bits per heavy atom. The van der Waals surface area contributed by atoms with Crippen LogP contribution in [-0.4, -0.2) is 36.0 Å². The summed E-state index contributed by atoms with van der Waals surface area (Å²) in [5.74, 6) is 0.583. The number of Topliss-reactive ketones (excluding diaryl/α,β-unsaturated/α-hetero) is 1. The predicted molar refractivity (Wildman–Crippen MR) is 108 cm³/mol. The summed E-state index contributed by atoms with van der Waals surface area (Å²) in [4.78, 5) is 25.3. The Bertz CT molecular complexity index is 864. The van der Waals surface area contributed by atoms with Crippen molar-refractivity contribution in [1.82, 2.24) is 9.88 Å². The van der Waals surface area contributed by atoms with Crippen LogP contribution in [0.3, 0.4) is 0 Å². The highest BCUT2D eigenvalue weighted by atomic mass is 16.5. The summed E-state index contributed by atoms with van der Waals surface area (Å²) in [7, 11) is 0. The zero-order chi connectivity index (χ0) is 19.5. The van der Waals surface area contributed by atoms with Crippen molar-refractivity contribution in [2.24, 2.45) is 5.92 Å². The van der Waals surface area contributed by atoms with E-state index < -0.39 is 0 Å². The van der Waals surface area contributed by atoms with Gasteiger partial charge in [-0.05, 0) is 37.3 Å². The molecule has 0 spiro atoms. The van der Waals surface area contributed by atoms with E-state index >= 15 is 0 Å². The molecule has 1 atom stereocenters. The van der Waals surface area contributed by atoms with Crippen LogP contribution in [0.4, 0.5) is 0 Å². The Balaban J connectivity index is 1.57. The van der Waals surface area contributed by atoms with Crippen LogP contribution in [-0.2, 0) is 28.9 Å². The Morgan fingerprint density at radius 3 is 2.82 bits per heavy atom. The van der Waals surface area contributed by atoms with Gasteiger partial charge in [-0.3, -0.25) is 9.59 Å². The lowest BCUT2D eigenvalue weighted by Crippen LogP contribution is -2.31. The van der Waals surface area contributed by atoms with Crippen LogP contribution in [0.1, 0.15) is 52.1 Å². The van der Waals surface area contributed by atoms with E-state index in [4.69, 9.17) is 4.74 Å². The van der Waals surface area contributed by atoms with E-state index in [1.165, 1.54) is 5.56 Å². The fraction of sp³-hybridized carbons (Fsp3) is 0.478. The van der Waals surface area contributed by atoms with Crippen molar-refractivity contribution in [3.8, 4) is 0 Å². The number of nitrogens with zero attached hydrogens (tertiary/aromatic N) is 1. The number of rotatable bonds is 6. The summed E-state index contributed by atoms with van der Waals surface area (Å²) in [6, 6.07) is 10.3. The van der Waals surface area contributed by atoms with Crippen LogP contribution in [0.25, 0.3) is 0 Å². The van der Waals surface area contributed by atoms with Gasteiger partial charge in [0.15, 0.2) is 5.78 Å². The molecule has 2 aromatic rings. The summed E-state index contributed by atoms with van der Waals surface area (Å²) in [6.45, 7) is 4.94. The van der Waals surface area contributed by atoms with E-state index in [0.717, 1.165) is 61.5 Å². The van der Waals surface area contributed by atoms with E-state index in [1.807, 2.05) is 25.1 Å². The molecule has 2 heterocycles. The predicted octanol–water partition coefficient (Wildman–Crippen LogP) is 3.06. The fourth-order valence-electron chi connectivity index (χ4n) is 4.41. The SMILES string of the molecule is Cc1c(CC(=O)NCC2CCOC2)c2c(n1Cc1ccccc1)CCCC2=O. The van der Waals surface area contributed by atoms with Gasteiger partial charge in [-0.1, -0.05) is 30.3 Å². The third kappa shape index (κ3) is 3.90. The number of aromatic nitrogens is 1. The van der Waals surface area contributed by atoms with Crippen LogP contribution >= 0.6 is 0 Å². The molecule has 2 aliphatic rings. The zero-order valence-electron chi connectivity index (χ0n) is 16.5. The van der Waals surface area contributed by atoms with Crippen molar-refractivity contribution in [3.63, 3.8) is 0 Å². The van der Waals surface area contributed by atoms with E-state index in [2.05, 4.69) is 22.0 Å². The number of ether oxygens (including phenoxy) is 1. The average Bonchev–Trinajstić information content (AvgIpc) is 3.31. The molecule has 0 bridgehead atoms. The van der Waals surface area contributed by atoms with Gasteiger partial charge in [0.25, 0.3) is 0 Å². The highest BCUT2D eigenvalue weighted by Gasteiger charge is 2.29. The lowest BCUT2D eigenvalue weighted by molar-refractivity contribution is -0.120. The molecule has 148 valence electrons. The molecule has 1 amide bonds. The summed E-state index contributed by atoms with van der Waals surface area (Å²) in [5.41, 5.74) is 5.07. The van der Waals surface area contributed by atoms with Crippen LogP contribution in [0.2, 0.25) is 0 Å². The molecule has 1 aromatic carbocycles. The third-order valence-corrected chi connectivity index (χ3v) is 5.99. The van der Waals surface area contributed by atoms with Gasteiger partial charge in [-0.25, -0.2) is 0 Å². The first-order valence-corrected chi connectivity index (χ1v) is 10.3. The molecule has 4 rings (SSSR count). The van der Waals surface area contributed by atoms with Gasteiger partial charge in [0, 0.05) is 49.0 Å². The molecule has 0 radical (unpaired) electrons. The van der Waals surface area contributed by atoms with Crippen molar-refractivity contribution >= 4 is 11.7 Å². The number of nitrogens with one attached hydrogen (secondary N) is 1. The standard InChI is InChI=1S/C23H28N2O3/c1-16-19(12-22(27)24-13-18-10-11-28-15-18)23-20(8-5-9-21(23)26)25(16)14-17-6-3-2-4-7-17/h2-4,6-7,18H,5,8-15H2,1H3,(H,24,27). The maximum atomic E-state index is 12.7. The molecule has 5 heteroatoms. The second kappa shape index (κ2) is 8.31. The molecule has 1 N–H and O–H groups in total. The summed E-state index contributed by atoms with van der Waals surface area (Å²) in [6.07, 6.45) is 3.64. The van der Waals surface area contributed by atoms with Crippen LogP contribution < -0.4 is 5.32 Å². The van der Waals surface area contributed by atoms with Gasteiger partial charge in [-0.2, -0.15) is 0 Å². The summed E-state index contributed by atoms with van der Waals surface area (Å²) in [5, 5.41) is 3.04. The number of fused-ring (bicyclic) bond motifs is 1. The van der Waals surface area contributed by atoms with E-state index in [1.54, 1.807) is 0 Å². The van der Waals surface area contributed by atoms with Crippen molar-refractivity contribution in [2.75, 3.05) is 19.8 Å². The van der Waals surface area contributed by atoms with Gasteiger partial charge in [0.2, 0.25) is 5.91 Å². The topological polar surface area (TPSA) is 60.3 Å². The van der Waals surface area contributed by atoms with Gasteiger partial charge in [0.05, 0.1) is 13.0 Å². The summed E-state index contributed by atoms with van der Waals surface area (Å²) >= 11 is 0. The lowest BCUT2D eigenvalue weighted by atomic mass is 9.92. The maximum absolute atomic E-state index is 12.7. The first-order valence-electron chi connectivity index (χ1n) is 10.3. The molecule has 1 fully saturated rings. The first kappa shape index (κ1) is 18.9. The zero-order valence-corrected chi connectivity index (χ0v) is 16.5. The minimum atomic E-state index is -0.00645. The normalized spacial score (nSPS) is 18.9. The Hall–Kier alpha value is -2.40. The van der Waals surface area contributed by atoms with Crippen LogP contribution in [0, 0.1) is 12.8 Å². The van der Waals surface area contributed by atoms with Crippen molar-refractivity contribution in [3.05, 3.63) is 58.4 Å². The average molecular weight is 380 g/mol. The van der Waals surface area contributed by atoms with Crippen molar-refractivity contribution in [1.29, 1.82) is 0 Å². The highest BCUT2D eigenvalue weighted by molar-refractivity contribution is 6.01. The number of amides is 1. The van der Waals surface area contributed by atoms with Gasteiger partial charge < -0.3 is 14.6 Å². The monoisotopic (exact) mass is 380 g/mol. The molecule has 0 saturated carbocycles. The first-order chi connectivity index (χ1) is 13.6. The van der Waals surface area contributed by atoms with Gasteiger partial charge in [-0.15, -0.1) is 0 Å². The minimum absolute atomic E-state index is 0.00645. The molecule has 5 nitrogen and oxygen atoms in total. The number of carbonyl (C=O) groups is 2. The number of benzene rings is 1. The van der Waals surface area contributed by atoms with E-state index in [0.29, 0.717) is 18.9 Å². The molecule has 28 heavy (non-hydrogen) atoms. The van der Waals surface area contributed by atoms with Crippen LogP contribution in [0.5, 0.6) is 0 Å². The van der Waals surface area contributed by atoms with Crippen molar-refractivity contribution < 1.29 is 14.3 Å².